The fourth-order valence-corrected chi connectivity index (χ4v) is 4.22. The van der Waals surface area contributed by atoms with Crippen molar-refractivity contribution in [2.75, 3.05) is 0 Å². The molecular formula is C24H21FN4O5. The Hall–Kier alpha value is -4.08. The van der Waals surface area contributed by atoms with Gasteiger partial charge in [0.2, 0.25) is 11.5 Å². The Kier molecular flexibility index (Phi) is 4.96. The summed E-state index contributed by atoms with van der Waals surface area (Å²) in [6.07, 6.45) is 1.88. The number of hydrogen-bond acceptors (Lipinski definition) is 8. The molecule has 9 nitrogen and oxygen atoms in total. The van der Waals surface area contributed by atoms with E-state index in [0.29, 0.717) is 23.6 Å². The number of carbonyl (C=O) groups is 1. The van der Waals surface area contributed by atoms with Crippen LogP contribution in [0.1, 0.15) is 53.5 Å². The van der Waals surface area contributed by atoms with Gasteiger partial charge in [-0.05, 0) is 24.6 Å². The van der Waals surface area contributed by atoms with Crippen LogP contribution in [-0.2, 0) is 18.6 Å². The Morgan fingerprint density at radius 3 is 2.65 bits per heavy atom. The molecule has 0 saturated heterocycles. The second-order valence-corrected chi connectivity index (χ2v) is 8.46. The summed E-state index contributed by atoms with van der Waals surface area (Å²) in [6.45, 7) is 4.92. The summed E-state index contributed by atoms with van der Waals surface area (Å²) >= 11 is 0. The third-order valence-corrected chi connectivity index (χ3v) is 5.94. The maximum atomic E-state index is 13.4. The van der Waals surface area contributed by atoms with Crippen LogP contribution < -0.4 is 10.3 Å². The molecule has 0 unspecified atom stereocenters. The molecule has 1 aliphatic heterocycles. The number of ether oxygens (including phenoxy) is 1. The zero-order valence-electron chi connectivity index (χ0n) is 18.8. The number of ketones is 1. The van der Waals surface area contributed by atoms with E-state index in [4.69, 9.17) is 9.15 Å². The molecule has 0 saturated carbocycles. The number of benzene rings is 1. The van der Waals surface area contributed by atoms with Crippen LogP contribution in [0, 0.1) is 12.7 Å². The van der Waals surface area contributed by atoms with Gasteiger partial charge in [-0.25, -0.2) is 4.39 Å². The van der Waals surface area contributed by atoms with Crippen LogP contribution in [-0.4, -0.2) is 30.6 Å². The Labute approximate surface area is 192 Å². The fourth-order valence-electron chi connectivity index (χ4n) is 4.22. The molecule has 1 atom stereocenters. The van der Waals surface area contributed by atoms with E-state index in [0.717, 1.165) is 5.56 Å². The van der Waals surface area contributed by atoms with Gasteiger partial charge in [0.1, 0.15) is 22.4 Å². The molecule has 5 rings (SSSR count). The number of nitrogens with zero attached hydrogens (tertiary/aromatic N) is 4. The normalized spacial score (nSPS) is 17.1. The van der Waals surface area contributed by atoms with Crippen LogP contribution in [0.25, 0.3) is 11.0 Å². The highest BCUT2D eigenvalue weighted by molar-refractivity contribution is 6.03. The minimum Gasteiger partial charge on any atom is -0.505 e. The number of aryl methyl sites for hydroxylation is 1. The second-order valence-electron chi connectivity index (χ2n) is 8.46. The first-order chi connectivity index (χ1) is 16.2. The summed E-state index contributed by atoms with van der Waals surface area (Å²) in [7, 11) is 0. The van der Waals surface area contributed by atoms with Crippen molar-refractivity contribution in [2.24, 2.45) is 0 Å². The summed E-state index contributed by atoms with van der Waals surface area (Å²) in [5, 5.41) is 18.8. The van der Waals surface area contributed by atoms with E-state index in [1.165, 1.54) is 22.9 Å². The molecule has 0 bridgehead atoms. The predicted molar refractivity (Wildman–Crippen MR) is 119 cm³/mol. The van der Waals surface area contributed by atoms with Crippen molar-refractivity contribution in [3.8, 4) is 11.5 Å². The number of aromatic hydroxyl groups is 1. The quantitative estimate of drug-likeness (QED) is 0.446. The lowest BCUT2D eigenvalue weighted by atomic mass is 9.98. The zero-order chi connectivity index (χ0) is 24.2. The number of carbonyl (C=O) groups excluding carboxylic acids is 1. The van der Waals surface area contributed by atoms with Crippen molar-refractivity contribution >= 4 is 16.8 Å². The SMILES string of the molecule is CCC(=O)c1c(O)c2ncc(Cc3ccc(F)cc3)c3c2n(c1=O)C[C@](C)(c1nnc(C)o1)O3. The highest BCUT2D eigenvalue weighted by atomic mass is 19.1. The second kappa shape index (κ2) is 7.75. The molecule has 1 aromatic carbocycles. The first-order valence-corrected chi connectivity index (χ1v) is 10.8. The molecule has 4 heterocycles. The minimum absolute atomic E-state index is 0.0388. The average molecular weight is 464 g/mol. The number of pyridine rings is 2. The van der Waals surface area contributed by atoms with Crippen LogP contribution in [0.3, 0.4) is 0 Å². The maximum Gasteiger partial charge on any atom is 0.266 e. The zero-order valence-corrected chi connectivity index (χ0v) is 18.8. The van der Waals surface area contributed by atoms with E-state index in [2.05, 4.69) is 15.2 Å². The first kappa shape index (κ1) is 21.7. The maximum absolute atomic E-state index is 13.4. The van der Waals surface area contributed by atoms with Gasteiger partial charge >= 0.3 is 0 Å². The lowest BCUT2D eigenvalue weighted by Crippen LogP contribution is -2.43. The molecule has 4 aromatic rings. The van der Waals surface area contributed by atoms with Crippen molar-refractivity contribution in [3.63, 3.8) is 0 Å². The van der Waals surface area contributed by atoms with E-state index < -0.39 is 22.7 Å². The third-order valence-electron chi connectivity index (χ3n) is 5.94. The summed E-state index contributed by atoms with van der Waals surface area (Å²) in [5.41, 5.74) is -0.452. The summed E-state index contributed by atoms with van der Waals surface area (Å²) < 4.78 is 26.8. The highest BCUT2D eigenvalue weighted by Gasteiger charge is 2.42. The lowest BCUT2D eigenvalue weighted by Gasteiger charge is -2.35. The molecular weight excluding hydrogens is 443 g/mol. The van der Waals surface area contributed by atoms with Gasteiger partial charge in [-0.15, -0.1) is 10.2 Å². The number of aromatic nitrogens is 4. The van der Waals surface area contributed by atoms with Crippen LogP contribution in [0.15, 0.2) is 39.7 Å². The van der Waals surface area contributed by atoms with E-state index in [9.17, 15) is 19.1 Å². The standard InChI is InChI=1S/C24H21FN4O5/c1-4-16(30)17-20(31)18-19-21(14(10-26-18)9-13-5-7-15(25)8-6-13)34-24(3,11-29(19)22(17)32)23-28-27-12(2)33-23/h5-8,10,31H,4,9,11H2,1-3H3/t24-/m1/s1. The monoisotopic (exact) mass is 464 g/mol. The van der Waals surface area contributed by atoms with Crippen LogP contribution >= 0.6 is 0 Å². The summed E-state index contributed by atoms with van der Waals surface area (Å²) in [5.74, 6) is -0.535. The topological polar surface area (TPSA) is 120 Å². The smallest absolute Gasteiger partial charge is 0.266 e. The fraction of sp³-hybridized carbons (Fsp3) is 0.292. The van der Waals surface area contributed by atoms with Gasteiger partial charge in [-0.3, -0.25) is 19.1 Å². The molecule has 34 heavy (non-hydrogen) atoms. The predicted octanol–water partition coefficient (Wildman–Crippen LogP) is 3.42. The van der Waals surface area contributed by atoms with E-state index >= 15 is 0 Å². The van der Waals surface area contributed by atoms with Crippen LogP contribution in [0.5, 0.6) is 11.5 Å². The van der Waals surface area contributed by atoms with Crippen molar-refractivity contribution in [1.82, 2.24) is 19.7 Å². The van der Waals surface area contributed by atoms with Gasteiger partial charge in [0.15, 0.2) is 17.3 Å². The molecule has 0 aliphatic carbocycles. The van der Waals surface area contributed by atoms with Gasteiger partial charge in [0, 0.05) is 31.5 Å². The summed E-state index contributed by atoms with van der Waals surface area (Å²) in [4.78, 5) is 30.4. The first-order valence-electron chi connectivity index (χ1n) is 10.8. The van der Waals surface area contributed by atoms with Crippen molar-refractivity contribution in [1.29, 1.82) is 0 Å². The molecule has 0 fully saturated rings. The molecule has 1 N–H and O–H groups in total. The Morgan fingerprint density at radius 1 is 1.26 bits per heavy atom. The Balaban J connectivity index is 1.78. The van der Waals surface area contributed by atoms with Crippen LogP contribution in [0.2, 0.25) is 0 Å². The van der Waals surface area contributed by atoms with E-state index in [-0.39, 0.29) is 41.3 Å². The molecule has 0 radical (unpaired) electrons. The minimum atomic E-state index is -1.23. The molecule has 10 heteroatoms. The lowest BCUT2D eigenvalue weighted by molar-refractivity contribution is 0.0282. The summed E-state index contributed by atoms with van der Waals surface area (Å²) in [6, 6.07) is 5.99. The molecule has 3 aromatic heterocycles. The van der Waals surface area contributed by atoms with E-state index in [1.54, 1.807) is 32.9 Å². The van der Waals surface area contributed by atoms with Gasteiger partial charge in [0.05, 0.1) is 6.54 Å². The molecule has 1 aliphatic rings. The largest absolute Gasteiger partial charge is 0.505 e. The van der Waals surface area contributed by atoms with Crippen molar-refractivity contribution in [3.05, 3.63) is 75.1 Å². The average Bonchev–Trinajstić information content (AvgIpc) is 3.26. The third kappa shape index (κ3) is 3.33. The Morgan fingerprint density at radius 2 is 2.00 bits per heavy atom. The van der Waals surface area contributed by atoms with Gasteiger partial charge in [0.25, 0.3) is 11.4 Å². The van der Waals surface area contributed by atoms with Gasteiger partial charge in [-0.1, -0.05) is 19.1 Å². The number of hydrogen-bond donors (Lipinski definition) is 1. The van der Waals surface area contributed by atoms with Crippen molar-refractivity contribution in [2.45, 2.75) is 45.8 Å². The van der Waals surface area contributed by atoms with E-state index in [1.807, 2.05) is 0 Å². The Bertz CT molecular complexity index is 1510. The number of Topliss-reactive ketones (excluding diaryl/α,β-unsaturated/α-hetero) is 1. The molecule has 0 spiro atoms. The number of halogens is 1. The van der Waals surface area contributed by atoms with Gasteiger partial charge < -0.3 is 14.3 Å². The van der Waals surface area contributed by atoms with Crippen molar-refractivity contribution < 1.29 is 23.4 Å². The number of rotatable bonds is 5. The van der Waals surface area contributed by atoms with Gasteiger partial charge in [-0.2, -0.15) is 0 Å². The highest BCUT2D eigenvalue weighted by Crippen LogP contribution is 2.43. The molecule has 174 valence electrons. The van der Waals surface area contributed by atoms with Crippen LogP contribution in [0.4, 0.5) is 4.39 Å². The molecule has 0 amide bonds.